The van der Waals surface area contributed by atoms with Gasteiger partial charge in [-0.3, -0.25) is 0 Å². The first kappa shape index (κ1) is 24.8. The summed E-state index contributed by atoms with van der Waals surface area (Å²) in [5.41, 5.74) is 1.37. The third kappa shape index (κ3) is 5.34. The van der Waals surface area contributed by atoms with E-state index in [4.69, 9.17) is 9.47 Å². The molecule has 0 aliphatic carbocycles. The zero-order chi connectivity index (χ0) is 25.0. The fraction of sp³-hybridized carbons (Fsp3) is 0.174. The molecule has 0 saturated heterocycles. The molecule has 35 heavy (non-hydrogen) atoms. The Morgan fingerprint density at radius 3 is 1.91 bits per heavy atom. The number of aromatic amines is 1. The number of methoxy groups -OCH3 is 2. The van der Waals surface area contributed by atoms with E-state index in [-0.39, 0.29) is 24.5 Å². The number of hydrogen-bond donors (Lipinski definition) is 1. The zero-order valence-corrected chi connectivity index (χ0v) is 21.2. The van der Waals surface area contributed by atoms with Crippen molar-refractivity contribution < 1.29 is 22.3 Å². The summed E-state index contributed by atoms with van der Waals surface area (Å²) in [6.45, 7) is -0.0357. The molecule has 182 valence electrons. The van der Waals surface area contributed by atoms with Gasteiger partial charge in [0.1, 0.15) is 22.2 Å². The van der Waals surface area contributed by atoms with Crippen molar-refractivity contribution >= 4 is 26.0 Å². The maximum atomic E-state index is 15.2. The Hall–Kier alpha value is -3.35. The Labute approximate surface area is 210 Å². The van der Waals surface area contributed by atoms with E-state index in [2.05, 4.69) is 36.6 Å². The zero-order valence-electron chi connectivity index (χ0n) is 18.8. The van der Waals surface area contributed by atoms with E-state index in [0.717, 1.165) is 6.07 Å². The summed E-state index contributed by atoms with van der Waals surface area (Å²) in [6.07, 6.45) is 0. The molecule has 0 aliphatic rings. The molecule has 12 heteroatoms. The number of nitrogens with one attached hydrogen (secondary N) is 1. The van der Waals surface area contributed by atoms with Crippen molar-refractivity contribution in [1.29, 1.82) is 0 Å². The van der Waals surface area contributed by atoms with E-state index < -0.39 is 20.7 Å². The summed E-state index contributed by atoms with van der Waals surface area (Å²) in [4.78, 5) is -0.546. The Balaban J connectivity index is 1.82. The molecule has 0 radical (unpaired) electrons. The summed E-state index contributed by atoms with van der Waals surface area (Å²) in [5, 5.41) is 13.5. The van der Waals surface area contributed by atoms with E-state index in [0.29, 0.717) is 27.1 Å². The van der Waals surface area contributed by atoms with Crippen molar-refractivity contribution in [2.24, 2.45) is 0 Å². The monoisotopic (exact) mass is 561 g/mol. The minimum atomic E-state index is -4.39. The van der Waals surface area contributed by atoms with Gasteiger partial charge in [0.2, 0.25) is 15.8 Å². The van der Waals surface area contributed by atoms with Gasteiger partial charge in [-0.25, -0.2) is 12.8 Å². The van der Waals surface area contributed by atoms with E-state index in [9.17, 15) is 8.42 Å². The van der Waals surface area contributed by atoms with Crippen LogP contribution in [-0.4, -0.2) is 47.6 Å². The molecule has 0 saturated carbocycles. The fourth-order valence-corrected chi connectivity index (χ4v) is 5.79. The van der Waals surface area contributed by atoms with Crippen molar-refractivity contribution in [3.8, 4) is 22.9 Å². The van der Waals surface area contributed by atoms with Crippen molar-refractivity contribution in [2.45, 2.75) is 18.0 Å². The van der Waals surface area contributed by atoms with Crippen LogP contribution in [0.2, 0.25) is 0 Å². The number of H-pyrrole nitrogens is 1. The lowest BCUT2D eigenvalue weighted by Gasteiger charge is -2.24. The molecule has 9 nitrogen and oxygen atoms in total. The topological polar surface area (TPSA) is 110 Å². The highest BCUT2D eigenvalue weighted by Crippen LogP contribution is 2.36. The van der Waals surface area contributed by atoms with Crippen LogP contribution in [-0.2, 0) is 23.1 Å². The number of sulfonamides is 1. The molecule has 0 aliphatic heterocycles. The lowest BCUT2D eigenvalue weighted by molar-refractivity contribution is 0.395. The van der Waals surface area contributed by atoms with Crippen LogP contribution in [0.4, 0.5) is 4.39 Å². The third-order valence-corrected chi connectivity index (χ3v) is 7.78. The quantitative estimate of drug-likeness (QED) is 0.326. The highest BCUT2D eigenvalue weighted by atomic mass is 79.9. The molecule has 0 atom stereocenters. The van der Waals surface area contributed by atoms with Crippen LogP contribution >= 0.6 is 15.9 Å². The second kappa shape index (κ2) is 10.5. The molecule has 0 fully saturated rings. The van der Waals surface area contributed by atoms with Gasteiger partial charge in [-0.05, 0) is 68.7 Å². The van der Waals surface area contributed by atoms with Gasteiger partial charge in [0, 0.05) is 17.6 Å². The number of benzene rings is 3. The standard InChI is InChI=1S/C23H21BrFN5O4S/c1-33-17-7-3-15(4-8-17)13-30(14-16-5-9-18(34-2)10-6-16)35(31,32)22-20(25)12-11-19(24)21(22)23-26-28-29-27-23/h3-12H,13-14H2,1-2H3,(H,26,27,28,29). The van der Waals surface area contributed by atoms with Gasteiger partial charge >= 0.3 is 0 Å². The molecule has 3 aromatic carbocycles. The molecule has 0 spiro atoms. The molecule has 4 rings (SSSR count). The first-order chi connectivity index (χ1) is 16.8. The highest BCUT2D eigenvalue weighted by Gasteiger charge is 2.33. The fourth-order valence-electron chi connectivity index (χ4n) is 3.49. The molecular weight excluding hydrogens is 541 g/mol. The molecule has 0 bridgehead atoms. The number of aromatic nitrogens is 4. The summed E-state index contributed by atoms with van der Waals surface area (Å²) in [5.74, 6) is 0.290. The summed E-state index contributed by atoms with van der Waals surface area (Å²) < 4.78 is 55.1. The Morgan fingerprint density at radius 2 is 1.46 bits per heavy atom. The number of rotatable bonds is 9. The molecule has 1 heterocycles. The number of ether oxygens (including phenoxy) is 2. The Bertz CT molecular complexity index is 1350. The van der Waals surface area contributed by atoms with E-state index in [1.807, 2.05) is 0 Å². The van der Waals surface area contributed by atoms with Crippen LogP contribution in [0.15, 0.2) is 70.0 Å². The number of nitrogens with zero attached hydrogens (tertiary/aromatic N) is 4. The molecule has 4 aromatic rings. The van der Waals surface area contributed by atoms with Crippen LogP contribution < -0.4 is 9.47 Å². The Morgan fingerprint density at radius 1 is 0.914 bits per heavy atom. The first-order valence-corrected chi connectivity index (χ1v) is 12.5. The van der Waals surface area contributed by atoms with Crippen LogP contribution in [0.1, 0.15) is 11.1 Å². The molecule has 1 aromatic heterocycles. The van der Waals surface area contributed by atoms with Crippen molar-refractivity contribution in [2.75, 3.05) is 14.2 Å². The number of halogens is 2. The summed E-state index contributed by atoms with van der Waals surface area (Å²) in [7, 11) is -1.30. The third-order valence-electron chi connectivity index (χ3n) is 5.26. The van der Waals surface area contributed by atoms with Gasteiger partial charge < -0.3 is 9.47 Å². The van der Waals surface area contributed by atoms with E-state index in [1.165, 1.54) is 10.4 Å². The Kier molecular flexibility index (Phi) is 7.43. The van der Waals surface area contributed by atoms with Crippen LogP contribution in [0.5, 0.6) is 11.5 Å². The molecule has 0 amide bonds. The summed E-state index contributed by atoms with van der Waals surface area (Å²) >= 11 is 3.31. The van der Waals surface area contributed by atoms with E-state index >= 15 is 4.39 Å². The van der Waals surface area contributed by atoms with Crippen molar-refractivity contribution in [3.05, 3.63) is 82.1 Å². The smallest absolute Gasteiger partial charge is 0.247 e. The average molecular weight is 562 g/mol. The second-order valence-electron chi connectivity index (χ2n) is 7.44. The van der Waals surface area contributed by atoms with Gasteiger partial charge in [0.25, 0.3) is 0 Å². The predicted molar refractivity (Wildman–Crippen MR) is 130 cm³/mol. The largest absolute Gasteiger partial charge is 0.497 e. The van der Waals surface area contributed by atoms with Gasteiger partial charge in [0.05, 0.1) is 19.8 Å². The molecule has 1 N–H and O–H groups in total. The predicted octanol–water partition coefficient (Wildman–Crippen LogP) is 4.18. The number of tetrazole rings is 1. The minimum absolute atomic E-state index is 0.0179. The average Bonchev–Trinajstić information content (AvgIpc) is 3.40. The van der Waals surface area contributed by atoms with Gasteiger partial charge in [0.15, 0.2) is 0 Å². The maximum absolute atomic E-state index is 15.2. The molecule has 0 unspecified atom stereocenters. The minimum Gasteiger partial charge on any atom is -0.497 e. The molecular formula is C23H21BrFN5O4S. The first-order valence-electron chi connectivity index (χ1n) is 10.3. The van der Waals surface area contributed by atoms with Gasteiger partial charge in [-0.15, -0.1) is 10.2 Å². The lowest BCUT2D eigenvalue weighted by Crippen LogP contribution is -2.31. The highest BCUT2D eigenvalue weighted by molar-refractivity contribution is 9.10. The van der Waals surface area contributed by atoms with E-state index in [1.54, 1.807) is 62.8 Å². The lowest BCUT2D eigenvalue weighted by atomic mass is 10.2. The second-order valence-corrected chi connectivity index (χ2v) is 10.2. The number of hydrogen-bond acceptors (Lipinski definition) is 7. The SMILES string of the molecule is COc1ccc(CN(Cc2ccc(OC)cc2)S(=O)(=O)c2c(F)ccc(Br)c2-c2nn[nH]n2)cc1. The van der Waals surface area contributed by atoms with Crippen molar-refractivity contribution in [1.82, 2.24) is 24.9 Å². The maximum Gasteiger partial charge on any atom is 0.247 e. The van der Waals surface area contributed by atoms with Gasteiger partial charge in [-0.2, -0.15) is 9.52 Å². The van der Waals surface area contributed by atoms with Crippen LogP contribution in [0, 0.1) is 5.82 Å². The van der Waals surface area contributed by atoms with Crippen molar-refractivity contribution in [3.63, 3.8) is 0 Å². The normalized spacial score (nSPS) is 11.6. The summed E-state index contributed by atoms with van der Waals surface area (Å²) in [6, 6.07) is 16.4. The van der Waals surface area contributed by atoms with Crippen LogP contribution in [0.25, 0.3) is 11.4 Å². The van der Waals surface area contributed by atoms with Crippen LogP contribution in [0.3, 0.4) is 0 Å². The van der Waals surface area contributed by atoms with Gasteiger partial charge in [-0.1, -0.05) is 24.3 Å².